The minimum atomic E-state index is -2.91. The molecule has 5 aliphatic rings. The average molecular weight is 875 g/mol. The summed E-state index contributed by atoms with van der Waals surface area (Å²) in [4.78, 5) is 0. The Bertz CT molecular complexity index is 3630. The lowest BCUT2D eigenvalue weighted by Crippen LogP contribution is -2.74. The van der Waals surface area contributed by atoms with Gasteiger partial charge in [0.25, 0.3) is 0 Å². The van der Waals surface area contributed by atoms with Crippen molar-refractivity contribution in [1.29, 1.82) is 0 Å². The molecule has 4 aliphatic carbocycles. The molecule has 67 heavy (non-hydrogen) atoms. The number of para-hydroxylation sites is 3. The lowest BCUT2D eigenvalue weighted by atomic mass is 9.41. The summed E-state index contributed by atoms with van der Waals surface area (Å²) in [6.45, 7) is 0. The molecule has 4 saturated carbocycles. The van der Waals surface area contributed by atoms with Crippen LogP contribution in [0, 0.1) is 23.7 Å². The Hall–Kier alpha value is -7.20. The van der Waals surface area contributed by atoms with Crippen LogP contribution in [-0.4, -0.2) is 17.2 Å². The number of aromatic nitrogens is 2. The summed E-state index contributed by atoms with van der Waals surface area (Å²) in [5, 5.41) is 11.0. The summed E-state index contributed by atoms with van der Waals surface area (Å²) in [6.07, 6.45) is 6.84. The molecule has 4 fully saturated rings. The SMILES string of the molecule is c1ccc(-c2ccc([Si](c3ccccc3)(c3ccccc3)c3ccc4c(c3)-n3c5ccc(-n6c7ccccc7c7ccccc76)cc5c5cccc(c53)C43C4CC5CC(C4)CC3C5)cc2)cc1. The largest absolute Gasteiger partial charge is 0.309 e. The van der Waals surface area contributed by atoms with Crippen LogP contribution in [0.25, 0.3) is 66.1 Å². The molecule has 16 rings (SSSR count). The van der Waals surface area contributed by atoms with Crippen LogP contribution in [-0.2, 0) is 5.41 Å². The Labute approximate surface area is 392 Å². The first-order valence-corrected chi connectivity index (χ1v) is 26.7. The smallest absolute Gasteiger partial charge is 0.179 e. The molecule has 11 aromatic rings. The maximum absolute atomic E-state index is 2.91. The molecule has 2 aromatic heterocycles. The van der Waals surface area contributed by atoms with E-state index in [2.05, 4.69) is 228 Å². The van der Waals surface area contributed by atoms with E-state index in [9.17, 15) is 0 Å². The van der Waals surface area contributed by atoms with Crippen LogP contribution in [0.1, 0.15) is 43.2 Å². The minimum Gasteiger partial charge on any atom is -0.309 e. The summed E-state index contributed by atoms with van der Waals surface area (Å²) < 4.78 is 5.23. The Balaban J connectivity index is 1.03. The summed E-state index contributed by atoms with van der Waals surface area (Å²) in [6, 6.07) is 84.1. The molecule has 0 N–H and O–H groups in total. The van der Waals surface area contributed by atoms with Crippen LogP contribution < -0.4 is 20.7 Å². The molecule has 0 atom stereocenters. The molecule has 0 saturated heterocycles. The second kappa shape index (κ2) is 14.2. The molecule has 4 bridgehead atoms. The van der Waals surface area contributed by atoms with E-state index in [1.807, 2.05) is 0 Å². The van der Waals surface area contributed by atoms with Gasteiger partial charge in [0.1, 0.15) is 0 Å². The predicted octanol–water partition coefficient (Wildman–Crippen LogP) is 13.0. The predicted molar refractivity (Wildman–Crippen MR) is 282 cm³/mol. The van der Waals surface area contributed by atoms with Crippen molar-refractivity contribution in [1.82, 2.24) is 9.13 Å². The van der Waals surface area contributed by atoms with E-state index in [4.69, 9.17) is 0 Å². The number of hydrogen-bond donors (Lipinski definition) is 0. The van der Waals surface area contributed by atoms with Gasteiger partial charge in [-0.1, -0.05) is 182 Å². The molecular weight excluding hydrogens is 825 g/mol. The molecule has 9 aromatic carbocycles. The topological polar surface area (TPSA) is 9.86 Å². The van der Waals surface area contributed by atoms with E-state index in [1.54, 1.807) is 11.1 Å². The van der Waals surface area contributed by atoms with Gasteiger partial charge in [-0.2, -0.15) is 0 Å². The quantitative estimate of drug-likeness (QED) is 0.116. The number of nitrogens with zero attached hydrogens (tertiary/aromatic N) is 2. The van der Waals surface area contributed by atoms with Gasteiger partial charge in [-0.05, 0) is 135 Å². The van der Waals surface area contributed by atoms with Gasteiger partial charge in [0.05, 0.1) is 27.8 Å². The van der Waals surface area contributed by atoms with Gasteiger partial charge in [0, 0.05) is 32.6 Å². The molecule has 1 spiro atoms. The number of hydrogen-bond acceptors (Lipinski definition) is 0. The molecule has 3 heterocycles. The van der Waals surface area contributed by atoms with Gasteiger partial charge in [0.15, 0.2) is 8.07 Å². The lowest BCUT2D eigenvalue weighted by molar-refractivity contribution is -0.0418. The number of fused-ring (bicyclic) bond motifs is 8. The summed E-state index contributed by atoms with van der Waals surface area (Å²) in [5.74, 6) is 3.03. The average Bonchev–Trinajstić information content (AvgIpc) is 3.91. The summed E-state index contributed by atoms with van der Waals surface area (Å²) in [5.41, 5.74) is 13.5. The maximum Gasteiger partial charge on any atom is 0.179 e. The second-order valence-corrected chi connectivity index (χ2v) is 24.2. The zero-order chi connectivity index (χ0) is 43.8. The van der Waals surface area contributed by atoms with Crippen LogP contribution in [0.15, 0.2) is 218 Å². The van der Waals surface area contributed by atoms with Crippen molar-refractivity contribution in [2.45, 2.75) is 37.5 Å². The van der Waals surface area contributed by atoms with E-state index in [0.717, 1.165) is 11.8 Å². The van der Waals surface area contributed by atoms with Gasteiger partial charge in [-0.25, -0.2) is 0 Å². The van der Waals surface area contributed by atoms with Crippen molar-refractivity contribution in [3.63, 3.8) is 0 Å². The first kappa shape index (κ1) is 38.0. The molecule has 320 valence electrons. The highest BCUT2D eigenvalue weighted by atomic mass is 28.3. The van der Waals surface area contributed by atoms with E-state index in [0.29, 0.717) is 11.8 Å². The molecule has 0 radical (unpaired) electrons. The van der Waals surface area contributed by atoms with Crippen molar-refractivity contribution >= 4 is 72.4 Å². The molecule has 3 heteroatoms. The molecular formula is C64H50N2Si. The van der Waals surface area contributed by atoms with Gasteiger partial charge in [-0.15, -0.1) is 0 Å². The summed E-state index contributed by atoms with van der Waals surface area (Å²) >= 11 is 0. The van der Waals surface area contributed by atoms with E-state index < -0.39 is 8.07 Å². The van der Waals surface area contributed by atoms with Crippen molar-refractivity contribution < 1.29 is 0 Å². The van der Waals surface area contributed by atoms with Crippen LogP contribution in [0.2, 0.25) is 0 Å². The third kappa shape index (κ3) is 5.10. The summed E-state index contributed by atoms with van der Waals surface area (Å²) in [7, 11) is -2.91. The first-order chi connectivity index (χ1) is 33.2. The van der Waals surface area contributed by atoms with Crippen molar-refractivity contribution in [3.8, 4) is 22.5 Å². The van der Waals surface area contributed by atoms with E-state index in [1.165, 1.54) is 119 Å². The fourth-order valence-electron chi connectivity index (χ4n) is 15.2. The zero-order valence-corrected chi connectivity index (χ0v) is 38.5. The highest BCUT2D eigenvalue weighted by Gasteiger charge is 2.61. The van der Waals surface area contributed by atoms with E-state index in [-0.39, 0.29) is 5.41 Å². The van der Waals surface area contributed by atoms with Crippen LogP contribution in [0.4, 0.5) is 0 Å². The minimum absolute atomic E-state index is 0.0120. The number of rotatable bonds is 6. The fourth-order valence-corrected chi connectivity index (χ4v) is 19.9. The highest BCUT2D eigenvalue weighted by molar-refractivity contribution is 7.19. The van der Waals surface area contributed by atoms with Crippen LogP contribution >= 0.6 is 0 Å². The van der Waals surface area contributed by atoms with Crippen molar-refractivity contribution in [2.24, 2.45) is 23.7 Å². The van der Waals surface area contributed by atoms with Crippen molar-refractivity contribution in [3.05, 3.63) is 230 Å². The van der Waals surface area contributed by atoms with Crippen LogP contribution in [0.5, 0.6) is 0 Å². The third-order valence-corrected chi connectivity index (χ3v) is 22.2. The zero-order valence-electron chi connectivity index (χ0n) is 37.5. The standard InChI is InChI=1S/C64H50N2Si/c1-4-15-44(16-5-1)45-27-30-51(31-28-45)67(49-17-6-2-7-18-49,50-19-8-3-9-20-50)52-32-33-57-62(41-52)66-61-34-29-48(65-59-25-12-10-21-53(59)54-22-11-13-26-60(54)65)40-56(61)55-23-14-24-58(63(55)66)64(57)46-36-42-35-43(38-46)39-47(64)37-42/h1-34,40-43,46-47H,35-39H2. The fraction of sp³-hybridized carbons (Fsp3) is 0.156. The second-order valence-electron chi connectivity index (χ2n) is 20.4. The Kier molecular flexibility index (Phi) is 8.02. The maximum atomic E-state index is 2.73. The normalized spacial score (nSPS) is 21.5. The van der Waals surface area contributed by atoms with Crippen molar-refractivity contribution in [2.75, 3.05) is 0 Å². The first-order valence-electron chi connectivity index (χ1n) is 24.7. The van der Waals surface area contributed by atoms with Gasteiger partial charge in [-0.3, -0.25) is 0 Å². The highest BCUT2D eigenvalue weighted by Crippen LogP contribution is 2.68. The Morgan fingerprint density at radius 1 is 0.358 bits per heavy atom. The van der Waals surface area contributed by atoms with Gasteiger partial charge < -0.3 is 9.13 Å². The van der Waals surface area contributed by atoms with E-state index >= 15 is 0 Å². The molecule has 0 unspecified atom stereocenters. The van der Waals surface area contributed by atoms with Gasteiger partial charge in [0.2, 0.25) is 0 Å². The third-order valence-electron chi connectivity index (χ3n) is 17.4. The monoisotopic (exact) mass is 874 g/mol. The number of benzene rings is 9. The lowest BCUT2D eigenvalue weighted by Gasteiger charge is -2.63. The van der Waals surface area contributed by atoms with Crippen LogP contribution in [0.3, 0.4) is 0 Å². The molecule has 0 amide bonds. The molecule has 2 nitrogen and oxygen atoms in total. The molecule has 1 aliphatic heterocycles. The van der Waals surface area contributed by atoms with Gasteiger partial charge >= 0.3 is 0 Å². The Morgan fingerprint density at radius 2 is 0.881 bits per heavy atom. The Morgan fingerprint density at radius 3 is 1.52 bits per heavy atom.